The Labute approximate surface area is 165 Å². The highest BCUT2D eigenvalue weighted by Crippen LogP contribution is 2.20. The third kappa shape index (κ3) is 5.09. The van der Waals surface area contributed by atoms with Crippen LogP contribution in [0.25, 0.3) is 0 Å². The summed E-state index contributed by atoms with van der Waals surface area (Å²) in [6, 6.07) is 13.7. The van der Waals surface area contributed by atoms with Crippen LogP contribution in [0, 0.1) is 0 Å². The molecule has 0 atom stereocenters. The fourth-order valence-electron chi connectivity index (χ4n) is 2.86. The van der Waals surface area contributed by atoms with Crippen molar-refractivity contribution in [2.24, 2.45) is 0 Å². The number of sulfonamides is 1. The van der Waals surface area contributed by atoms with Crippen LogP contribution >= 0.6 is 0 Å². The summed E-state index contributed by atoms with van der Waals surface area (Å²) in [4.78, 5) is 12.3. The highest BCUT2D eigenvalue weighted by molar-refractivity contribution is 7.89. The highest BCUT2D eigenvalue weighted by Gasteiger charge is 2.26. The van der Waals surface area contributed by atoms with Gasteiger partial charge in [0.25, 0.3) is 5.91 Å². The number of benzene rings is 2. The average Bonchev–Trinajstić information content (AvgIpc) is 2.73. The van der Waals surface area contributed by atoms with E-state index in [1.54, 1.807) is 12.1 Å². The van der Waals surface area contributed by atoms with Gasteiger partial charge in [-0.05, 0) is 48.4 Å². The average molecular weight is 404 g/mol. The summed E-state index contributed by atoms with van der Waals surface area (Å²) in [6.07, 6.45) is 0.889. The highest BCUT2D eigenvalue weighted by atomic mass is 32.2. The molecule has 1 aliphatic heterocycles. The summed E-state index contributed by atoms with van der Waals surface area (Å²) in [7, 11) is -3.54. The summed E-state index contributed by atoms with van der Waals surface area (Å²) >= 11 is 0. The molecule has 0 unspecified atom stereocenters. The van der Waals surface area contributed by atoms with Crippen molar-refractivity contribution in [3.05, 3.63) is 54.1 Å². The predicted octanol–water partition coefficient (Wildman–Crippen LogP) is 2.29. The van der Waals surface area contributed by atoms with Crippen molar-refractivity contribution in [1.29, 1.82) is 0 Å². The summed E-state index contributed by atoms with van der Waals surface area (Å²) < 4.78 is 37.2. The van der Waals surface area contributed by atoms with Crippen LogP contribution in [0.2, 0.25) is 0 Å². The lowest BCUT2D eigenvalue weighted by Gasteiger charge is -2.26. The zero-order valence-electron chi connectivity index (χ0n) is 15.8. The molecule has 0 aliphatic carbocycles. The number of hydrogen-bond donors (Lipinski definition) is 1. The van der Waals surface area contributed by atoms with E-state index in [0.717, 1.165) is 17.7 Å². The maximum Gasteiger partial charge on any atom is 0.262 e. The van der Waals surface area contributed by atoms with Gasteiger partial charge in [0, 0.05) is 18.8 Å². The molecule has 2 aromatic carbocycles. The Morgan fingerprint density at radius 2 is 1.86 bits per heavy atom. The molecule has 8 heteroatoms. The number of morpholine rings is 1. The van der Waals surface area contributed by atoms with Crippen molar-refractivity contribution in [3.63, 3.8) is 0 Å². The number of aryl methyl sites for hydroxylation is 1. The van der Waals surface area contributed by atoms with Crippen LogP contribution in [-0.2, 0) is 26.0 Å². The summed E-state index contributed by atoms with van der Waals surface area (Å²) in [6.45, 7) is 3.38. The molecule has 1 fully saturated rings. The topological polar surface area (TPSA) is 84.9 Å². The maximum atomic E-state index is 12.6. The van der Waals surface area contributed by atoms with Gasteiger partial charge in [-0.25, -0.2) is 8.42 Å². The van der Waals surface area contributed by atoms with Gasteiger partial charge in [-0.1, -0.05) is 19.1 Å². The molecule has 150 valence electrons. The van der Waals surface area contributed by atoms with E-state index in [9.17, 15) is 13.2 Å². The zero-order chi connectivity index (χ0) is 20.0. The van der Waals surface area contributed by atoms with Crippen LogP contribution in [-0.4, -0.2) is 51.5 Å². The minimum atomic E-state index is -3.54. The molecule has 1 amide bonds. The molecule has 1 aliphatic rings. The number of carbonyl (C=O) groups is 1. The Balaban J connectivity index is 1.56. The number of amides is 1. The lowest BCUT2D eigenvalue weighted by Crippen LogP contribution is -2.40. The van der Waals surface area contributed by atoms with Gasteiger partial charge >= 0.3 is 0 Å². The van der Waals surface area contributed by atoms with Crippen LogP contribution in [0.3, 0.4) is 0 Å². The Bertz CT molecular complexity index is 906. The van der Waals surface area contributed by atoms with E-state index >= 15 is 0 Å². The van der Waals surface area contributed by atoms with Gasteiger partial charge in [-0.3, -0.25) is 4.79 Å². The van der Waals surface area contributed by atoms with E-state index in [1.807, 2.05) is 31.2 Å². The second-order valence-electron chi connectivity index (χ2n) is 6.38. The van der Waals surface area contributed by atoms with Gasteiger partial charge in [-0.2, -0.15) is 4.31 Å². The first-order chi connectivity index (χ1) is 13.5. The lowest BCUT2D eigenvalue weighted by atomic mass is 10.1. The van der Waals surface area contributed by atoms with E-state index in [0.29, 0.717) is 32.1 Å². The number of ether oxygens (including phenoxy) is 2. The molecule has 3 rings (SSSR count). The van der Waals surface area contributed by atoms with E-state index in [-0.39, 0.29) is 17.4 Å². The van der Waals surface area contributed by atoms with Gasteiger partial charge in [0.15, 0.2) is 6.61 Å². The summed E-state index contributed by atoms with van der Waals surface area (Å²) in [5.41, 5.74) is 1.86. The Kier molecular flexibility index (Phi) is 6.66. The molecule has 0 aromatic heterocycles. The van der Waals surface area contributed by atoms with Gasteiger partial charge in [0.1, 0.15) is 5.75 Å². The quantitative estimate of drug-likeness (QED) is 0.765. The molecule has 28 heavy (non-hydrogen) atoms. The van der Waals surface area contributed by atoms with Gasteiger partial charge in [0.2, 0.25) is 10.0 Å². The number of anilines is 1. The van der Waals surface area contributed by atoms with Crippen molar-refractivity contribution in [2.45, 2.75) is 18.2 Å². The van der Waals surface area contributed by atoms with Gasteiger partial charge < -0.3 is 14.8 Å². The Hall–Kier alpha value is -2.42. The van der Waals surface area contributed by atoms with Crippen molar-refractivity contribution < 1.29 is 22.7 Å². The van der Waals surface area contributed by atoms with Crippen LogP contribution in [0.1, 0.15) is 12.5 Å². The molecule has 1 N–H and O–H groups in total. The van der Waals surface area contributed by atoms with Crippen molar-refractivity contribution in [3.8, 4) is 5.75 Å². The maximum absolute atomic E-state index is 12.6. The Morgan fingerprint density at radius 1 is 1.14 bits per heavy atom. The SMILES string of the molecule is CCc1cccc(NC(=O)COc2ccc(S(=O)(=O)N3CCOCC3)cc2)c1. The van der Waals surface area contributed by atoms with Crippen LogP contribution in [0.4, 0.5) is 5.69 Å². The first-order valence-electron chi connectivity index (χ1n) is 9.18. The summed E-state index contributed by atoms with van der Waals surface area (Å²) in [5, 5.41) is 2.79. The minimum Gasteiger partial charge on any atom is -0.484 e. The molecule has 0 spiro atoms. The zero-order valence-corrected chi connectivity index (χ0v) is 16.6. The minimum absolute atomic E-state index is 0.161. The molecule has 7 nitrogen and oxygen atoms in total. The molecule has 2 aromatic rings. The molecular formula is C20H24N2O5S. The van der Waals surface area contributed by atoms with E-state index in [4.69, 9.17) is 9.47 Å². The van der Waals surface area contributed by atoms with Gasteiger partial charge in [0.05, 0.1) is 18.1 Å². The number of nitrogens with one attached hydrogen (secondary N) is 1. The second-order valence-corrected chi connectivity index (χ2v) is 8.32. The smallest absolute Gasteiger partial charge is 0.262 e. The number of rotatable bonds is 7. The van der Waals surface area contributed by atoms with E-state index in [1.165, 1.54) is 16.4 Å². The normalized spacial score (nSPS) is 15.2. The van der Waals surface area contributed by atoms with Crippen LogP contribution < -0.4 is 10.1 Å². The second kappa shape index (κ2) is 9.18. The Morgan fingerprint density at radius 3 is 2.54 bits per heavy atom. The first-order valence-corrected chi connectivity index (χ1v) is 10.6. The molecular weight excluding hydrogens is 380 g/mol. The molecule has 0 radical (unpaired) electrons. The van der Waals surface area contributed by atoms with Gasteiger partial charge in [-0.15, -0.1) is 0 Å². The van der Waals surface area contributed by atoms with Crippen LogP contribution in [0.15, 0.2) is 53.4 Å². The molecule has 1 saturated heterocycles. The van der Waals surface area contributed by atoms with E-state index < -0.39 is 10.0 Å². The largest absolute Gasteiger partial charge is 0.484 e. The number of nitrogens with zero attached hydrogens (tertiary/aromatic N) is 1. The number of hydrogen-bond acceptors (Lipinski definition) is 5. The fourth-order valence-corrected chi connectivity index (χ4v) is 4.27. The molecule has 1 heterocycles. The van der Waals surface area contributed by atoms with Crippen LogP contribution in [0.5, 0.6) is 5.75 Å². The molecule has 0 bridgehead atoms. The van der Waals surface area contributed by atoms with E-state index in [2.05, 4.69) is 5.32 Å². The monoisotopic (exact) mass is 404 g/mol. The van der Waals surface area contributed by atoms with Crippen molar-refractivity contribution in [1.82, 2.24) is 4.31 Å². The van der Waals surface area contributed by atoms with Crippen molar-refractivity contribution >= 4 is 21.6 Å². The first kappa shape index (κ1) is 20.3. The number of carbonyl (C=O) groups excluding carboxylic acids is 1. The lowest BCUT2D eigenvalue weighted by molar-refractivity contribution is -0.118. The predicted molar refractivity (Wildman–Crippen MR) is 106 cm³/mol. The third-order valence-electron chi connectivity index (χ3n) is 4.42. The third-order valence-corrected chi connectivity index (χ3v) is 6.33. The molecule has 0 saturated carbocycles. The van der Waals surface area contributed by atoms with Crippen molar-refractivity contribution in [2.75, 3.05) is 38.2 Å². The standard InChI is InChI=1S/C20H24N2O5S/c1-2-16-4-3-5-17(14-16)21-20(23)15-27-18-6-8-19(9-7-18)28(24,25)22-10-12-26-13-11-22/h3-9,14H,2,10-13,15H2,1H3,(H,21,23). The fraction of sp³-hybridized carbons (Fsp3) is 0.350. The summed E-state index contributed by atoms with van der Waals surface area (Å²) in [5.74, 6) is 0.150.